The third-order valence-corrected chi connectivity index (χ3v) is 3.90. The zero-order chi connectivity index (χ0) is 16.9. The zero-order valence-corrected chi connectivity index (χ0v) is 14.7. The van der Waals surface area contributed by atoms with Gasteiger partial charge < -0.3 is 9.47 Å². The number of esters is 1. The summed E-state index contributed by atoms with van der Waals surface area (Å²) in [7, 11) is 0. The molecule has 0 atom stereocenters. The van der Waals surface area contributed by atoms with Gasteiger partial charge in [-0.05, 0) is 54.5 Å². The predicted octanol–water partition coefficient (Wildman–Crippen LogP) is 4.58. The Hall–Kier alpha value is -2.40. The van der Waals surface area contributed by atoms with Crippen LogP contribution in [0.2, 0.25) is 0 Å². The molecule has 3 rings (SSSR count). The molecule has 2 aromatic rings. The molecule has 0 aromatic heterocycles. The number of cyclic esters (lactones) is 1. The van der Waals surface area contributed by atoms with Gasteiger partial charge in [-0.25, -0.2) is 9.79 Å². The summed E-state index contributed by atoms with van der Waals surface area (Å²) >= 11 is 3.37. The molecule has 0 saturated heterocycles. The van der Waals surface area contributed by atoms with Crippen LogP contribution in [0.5, 0.6) is 5.75 Å². The Morgan fingerprint density at radius 2 is 1.83 bits per heavy atom. The van der Waals surface area contributed by atoms with Crippen LogP contribution >= 0.6 is 15.9 Å². The van der Waals surface area contributed by atoms with Gasteiger partial charge in [0.05, 0.1) is 6.61 Å². The maximum atomic E-state index is 12.0. The first kappa shape index (κ1) is 16.5. The minimum Gasteiger partial charge on any atom is -0.494 e. The highest BCUT2D eigenvalue weighted by atomic mass is 79.9. The van der Waals surface area contributed by atoms with Crippen molar-refractivity contribution in [1.29, 1.82) is 0 Å². The van der Waals surface area contributed by atoms with Gasteiger partial charge in [-0.15, -0.1) is 0 Å². The van der Waals surface area contributed by atoms with Crippen molar-refractivity contribution in [3.8, 4) is 5.75 Å². The van der Waals surface area contributed by atoms with Gasteiger partial charge in [-0.2, -0.15) is 0 Å². The lowest BCUT2D eigenvalue weighted by Gasteiger charge is -2.04. The molecule has 0 saturated carbocycles. The van der Waals surface area contributed by atoms with E-state index in [4.69, 9.17) is 9.47 Å². The van der Waals surface area contributed by atoms with Crippen LogP contribution < -0.4 is 4.74 Å². The van der Waals surface area contributed by atoms with Crippen LogP contribution in [0, 0.1) is 0 Å². The summed E-state index contributed by atoms with van der Waals surface area (Å²) in [5.41, 5.74) is 1.92. The van der Waals surface area contributed by atoms with Crippen LogP contribution in [-0.4, -0.2) is 18.5 Å². The third kappa shape index (κ3) is 3.92. The predicted molar refractivity (Wildman–Crippen MR) is 97.0 cm³/mol. The molecule has 122 valence electrons. The Balaban J connectivity index is 1.79. The molecule has 2 aromatic carbocycles. The normalized spacial score (nSPS) is 15.3. The fourth-order valence-corrected chi connectivity index (χ4v) is 2.43. The van der Waals surface area contributed by atoms with E-state index < -0.39 is 5.97 Å². The Morgan fingerprint density at radius 1 is 1.12 bits per heavy atom. The summed E-state index contributed by atoms with van der Waals surface area (Å²) in [6.45, 7) is 2.75. The minimum absolute atomic E-state index is 0.287. The van der Waals surface area contributed by atoms with Gasteiger partial charge in [-0.3, -0.25) is 0 Å². The Morgan fingerprint density at radius 3 is 2.50 bits per heavy atom. The highest BCUT2D eigenvalue weighted by molar-refractivity contribution is 9.10. The summed E-state index contributed by atoms with van der Waals surface area (Å²) in [6.07, 6.45) is 2.67. The lowest BCUT2D eigenvalue weighted by atomic mass is 10.2. The molecule has 0 spiro atoms. The molecule has 1 aliphatic rings. The summed E-state index contributed by atoms with van der Waals surface area (Å²) in [4.78, 5) is 16.3. The molecule has 0 unspecified atom stereocenters. The molecule has 0 bridgehead atoms. The number of halogens is 1. The fourth-order valence-electron chi connectivity index (χ4n) is 2.16. The van der Waals surface area contributed by atoms with Crippen LogP contribution in [0.15, 0.2) is 63.7 Å². The van der Waals surface area contributed by atoms with Gasteiger partial charge in [0.2, 0.25) is 5.90 Å². The number of hydrogen-bond acceptors (Lipinski definition) is 4. The lowest BCUT2D eigenvalue weighted by molar-refractivity contribution is -0.129. The van der Waals surface area contributed by atoms with E-state index in [1.165, 1.54) is 0 Å². The number of benzene rings is 2. The van der Waals surface area contributed by atoms with Gasteiger partial charge in [0.15, 0.2) is 5.70 Å². The maximum absolute atomic E-state index is 12.0. The number of ether oxygens (including phenoxy) is 2. The zero-order valence-electron chi connectivity index (χ0n) is 13.2. The van der Waals surface area contributed by atoms with E-state index in [0.29, 0.717) is 12.5 Å². The van der Waals surface area contributed by atoms with Crippen LogP contribution in [0.4, 0.5) is 0 Å². The van der Waals surface area contributed by atoms with E-state index in [1.54, 1.807) is 6.08 Å². The Bertz CT molecular complexity index is 792. The van der Waals surface area contributed by atoms with E-state index in [1.807, 2.05) is 48.5 Å². The molecule has 0 radical (unpaired) electrons. The quantitative estimate of drug-likeness (QED) is 0.558. The average Bonchev–Trinajstić information content (AvgIpc) is 2.95. The summed E-state index contributed by atoms with van der Waals surface area (Å²) < 4.78 is 11.7. The molecule has 0 aliphatic carbocycles. The van der Waals surface area contributed by atoms with Gasteiger partial charge in [0.25, 0.3) is 0 Å². The summed E-state index contributed by atoms with van der Waals surface area (Å²) in [5, 5.41) is 0. The topological polar surface area (TPSA) is 47.9 Å². The first-order valence-electron chi connectivity index (χ1n) is 7.67. The number of carbonyl (C=O) groups is 1. The molecular weight excluding hydrogens is 370 g/mol. The first-order valence-corrected chi connectivity index (χ1v) is 8.46. The standard InChI is InChI=1S/C19H16BrNO3/c1-2-11-23-16-9-3-13(4-10-16)12-17-19(22)24-18(21-17)14-5-7-15(20)8-6-14/h3-10,12H,2,11H2,1H3/b17-12+. The Labute approximate surface area is 148 Å². The maximum Gasteiger partial charge on any atom is 0.363 e. The monoisotopic (exact) mass is 385 g/mol. The second kappa shape index (κ2) is 7.45. The van der Waals surface area contributed by atoms with Crippen molar-refractivity contribution in [3.05, 3.63) is 69.8 Å². The highest BCUT2D eigenvalue weighted by Crippen LogP contribution is 2.21. The molecule has 24 heavy (non-hydrogen) atoms. The number of nitrogens with zero attached hydrogens (tertiary/aromatic N) is 1. The molecule has 5 heteroatoms. The lowest BCUT2D eigenvalue weighted by Crippen LogP contribution is -2.05. The molecule has 0 N–H and O–H groups in total. The van der Waals surface area contributed by atoms with E-state index >= 15 is 0 Å². The summed E-state index contributed by atoms with van der Waals surface area (Å²) in [5.74, 6) is 0.688. The van der Waals surface area contributed by atoms with Crippen LogP contribution in [0.3, 0.4) is 0 Å². The smallest absolute Gasteiger partial charge is 0.363 e. The van der Waals surface area contributed by atoms with Gasteiger partial charge in [0, 0.05) is 10.0 Å². The molecular formula is C19H16BrNO3. The molecule has 0 amide bonds. The SMILES string of the molecule is CCCOc1ccc(/C=C2/N=C(c3ccc(Br)cc3)OC2=O)cc1. The van der Waals surface area contributed by atoms with Gasteiger partial charge >= 0.3 is 5.97 Å². The number of rotatable bonds is 5. The van der Waals surface area contributed by atoms with Gasteiger partial charge in [-0.1, -0.05) is 35.0 Å². The van der Waals surface area contributed by atoms with Crippen molar-refractivity contribution in [2.45, 2.75) is 13.3 Å². The molecule has 1 heterocycles. The number of hydrogen-bond donors (Lipinski definition) is 0. The van der Waals surface area contributed by atoms with Crippen LogP contribution in [0.25, 0.3) is 6.08 Å². The van der Waals surface area contributed by atoms with Gasteiger partial charge in [0.1, 0.15) is 5.75 Å². The first-order chi connectivity index (χ1) is 11.7. The van der Waals surface area contributed by atoms with E-state index in [-0.39, 0.29) is 5.70 Å². The largest absolute Gasteiger partial charge is 0.494 e. The van der Waals surface area contributed by atoms with E-state index in [2.05, 4.69) is 27.8 Å². The number of carbonyl (C=O) groups excluding carboxylic acids is 1. The number of aliphatic imine (C=N–C) groups is 1. The molecule has 0 fully saturated rings. The highest BCUT2D eigenvalue weighted by Gasteiger charge is 2.23. The second-order valence-electron chi connectivity index (χ2n) is 5.26. The summed E-state index contributed by atoms with van der Waals surface area (Å²) in [6, 6.07) is 15.0. The van der Waals surface area contributed by atoms with Crippen molar-refractivity contribution in [3.63, 3.8) is 0 Å². The van der Waals surface area contributed by atoms with Crippen LogP contribution in [-0.2, 0) is 9.53 Å². The second-order valence-corrected chi connectivity index (χ2v) is 6.18. The van der Waals surface area contributed by atoms with Crippen molar-refractivity contribution in [2.24, 2.45) is 4.99 Å². The van der Waals surface area contributed by atoms with E-state index in [9.17, 15) is 4.79 Å². The third-order valence-electron chi connectivity index (χ3n) is 3.37. The van der Waals surface area contributed by atoms with E-state index in [0.717, 1.165) is 27.8 Å². The Kier molecular flexibility index (Phi) is 5.11. The molecule has 1 aliphatic heterocycles. The van der Waals surface area contributed by atoms with Crippen molar-refractivity contribution < 1.29 is 14.3 Å². The van der Waals surface area contributed by atoms with Crippen molar-refractivity contribution in [1.82, 2.24) is 0 Å². The van der Waals surface area contributed by atoms with Crippen molar-refractivity contribution in [2.75, 3.05) is 6.61 Å². The molecule has 4 nitrogen and oxygen atoms in total. The minimum atomic E-state index is -0.445. The van der Waals surface area contributed by atoms with Crippen LogP contribution in [0.1, 0.15) is 24.5 Å². The average molecular weight is 386 g/mol. The van der Waals surface area contributed by atoms with Crippen molar-refractivity contribution >= 4 is 33.9 Å². The fraction of sp³-hybridized carbons (Fsp3) is 0.158.